The van der Waals surface area contributed by atoms with Crippen LogP contribution in [0.5, 0.6) is 0 Å². The van der Waals surface area contributed by atoms with E-state index >= 15 is 0 Å². The lowest BCUT2D eigenvalue weighted by Gasteiger charge is -2.06. The van der Waals surface area contributed by atoms with Gasteiger partial charge in [-0.15, -0.1) is 0 Å². The Balaban J connectivity index is 1.64. The Morgan fingerprint density at radius 2 is 1.82 bits per heavy atom. The summed E-state index contributed by atoms with van der Waals surface area (Å²) in [6.07, 6.45) is 1.93. The highest BCUT2D eigenvalue weighted by Crippen LogP contribution is 2.26. The van der Waals surface area contributed by atoms with E-state index in [2.05, 4.69) is 30.9 Å². The van der Waals surface area contributed by atoms with Gasteiger partial charge in [0.2, 0.25) is 0 Å². The van der Waals surface area contributed by atoms with Crippen molar-refractivity contribution in [2.24, 2.45) is 0 Å². The fourth-order valence-electron chi connectivity index (χ4n) is 2.86. The van der Waals surface area contributed by atoms with Gasteiger partial charge in [-0.1, -0.05) is 17.7 Å². The van der Waals surface area contributed by atoms with Crippen LogP contribution in [0, 0.1) is 11.6 Å². The molecule has 4 nitrogen and oxygen atoms in total. The molecule has 0 bridgehead atoms. The Morgan fingerprint density at radius 1 is 1.07 bits per heavy atom. The zero-order chi connectivity index (χ0) is 19.8. The van der Waals surface area contributed by atoms with Crippen LogP contribution in [0.2, 0.25) is 5.02 Å². The topological polar surface area (TPSA) is 58.6 Å². The minimum Gasteiger partial charge on any atom is -0.310 e. The lowest BCUT2D eigenvalue weighted by atomic mass is 10.1. The Bertz CT molecular complexity index is 1240. The second kappa shape index (κ2) is 7.41. The van der Waals surface area contributed by atoms with E-state index in [-0.39, 0.29) is 5.56 Å². The van der Waals surface area contributed by atoms with E-state index in [1.54, 1.807) is 30.5 Å². The van der Waals surface area contributed by atoms with Crippen LogP contribution in [-0.4, -0.2) is 15.0 Å². The van der Waals surface area contributed by atoms with Crippen molar-refractivity contribution < 1.29 is 8.78 Å². The number of nitrogens with one attached hydrogen (secondary N) is 1. The second-order valence-corrected chi connectivity index (χ2v) is 7.44. The number of hydrogen-bond acceptors (Lipinski definition) is 3. The molecule has 4 aromatic rings. The number of aromatic nitrogens is 3. The van der Waals surface area contributed by atoms with E-state index in [9.17, 15) is 13.6 Å². The van der Waals surface area contributed by atoms with Crippen molar-refractivity contribution in [1.82, 2.24) is 15.0 Å². The van der Waals surface area contributed by atoms with Crippen molar-refractivity contribution in [2.75, 3.05) is 0 Å². The fraction of sp³-hybridized carbons (Fsp3) is 0.0500. The van der Waals surface area contributed by atoms with E-state index in [1.165, 1.54) is 12.1 Å². The van der Waals surface area contributed by atoms with Crippen LogP contribution in [0.1, 0.15) is 11.4 Å². The van der Waals surface area contributed by atoms with Gasteiger partial charge in [0.1, 0.15) is 17.5 Å². The van der Waals surface area contributed by atoms with Gasteiger partial charge in [-0.2, -0.15) is 0 Å². The Labute approximate surface area is 171 Å². The fourth-order valence-corrected chi connectivity index (χ4v) is 3.36. The maximum absolute atomic E-state index is 13.4. The van der Waals surface area contributed by atoms with Gasteiger partial charge in [0, 0.05) is 28.7 Å². The molecule has 140 valence electrons. The molecule has 1 N–H and O–H groups in total. The second-order valence-electron chi connectivity index (χ2n) is 6.18. The molecular weight excluding hydrogens is 452 g/mol. The van der Waals surface area contributed by atoms with E-state index in [1.807, 2.05) is 0 Å². The highest BCUT2D eigenvalue weighted by molar-refractivity contribution is 9.10. The maximum Gasteiger partial charge on any atom is 0.258 e. The highest BCUT2D eigenvalue weighted by Gasteiger charge is 2.09. The summed E-state index contributed by atoms with van der Waals surface area (Å²) in [5.74, 6) is -0.853. The molecule has 2 aromatic heterocycles. The number of halogens is 4. The Hall–Kier alpha value is -2.64. The predicted molar refractivity (Wildman–Crippen MR) is 107 cm³/mol. The van der Waals surface area contributed by atoms with Crippen molar-refractivity contribution in [1.29, 1.82) is 0 Å². The van der Waals surface area contributed by atoms with Gasteiger partial charge in [0.25, 0.3) is 5.56 Å². The van der Waals surface area contributed by atoms with Crippen molar-refractivity contribution >= 4 is 38.4 Å². The Morgan fingerprint density at radius 3 is 2.50 bits per heavy atom. The van der Waals surface area contributed by atoms with Crippen LogP contribution >= 0.6 is 27.5 Å². The molecule has 0 aliphatic carbocycles. The molecule has 0 aliphatic heterocycles. The SMILES string of the molecule is O=c1[nH]c(Cc2ccc(-c3cc(F)cc(F)c3)nc2)nc2cc(Br)c(Cl)cc12. The van der Waals surface area contributed by atoms with Crippen molar-refractivity contribution in [2.45, 2.75) is 6.42 Å². The van der Waals surface area contributed by atoms with Crippen LogP contribution in [0.25, 0.3) is 22.2 Å². The number of hydrogen-bond donors (Lipinski definition) is 1. The highest BCUT2D eigenvalue weighted by atomic mass is 79.9. The normalized spacial score (nSPS) is 11.1. The van der Waals surface area contributed by atoms with Crippen molar-refractivity contribution in [3.63, 3.8) is 0 Å². The van der Waals surface area contributed by atoms with Gasteiger partial charge in [0.05, 0.1) is 21.6 Å². The molecule has 0 unspecified atom stereocenters. The summed E-state index contributed by atoms with van der Waals surface area (Å²) >= 11 is 9.36. The van der Waals surface area contributed by atoms with Crippen molar-refractivity contribution in [3.05, 3.63) is 91.5 Å². The molecular formula is C20H11BrClF2N3O. The van der Waals surface area contributed by atoms with Crippen LogP contribution in [0.3, 0.4) is 0 Å². The summed E-state index contributed by atoms with van der Waals surface area (Å²) in [4.78, 5) is 23.8. The summed E-state index contributed by atoms with van der Waals surface area (Å²) in [6.45, 7) is 0. The molecule has 2 heterocycles. The lowest BCUT2D eigenvalue weighted by molar-refractivity contribution is 0.584. The van der Waals surface area contributed by atoms with Crippen molar-refractivity contribution in [3.8, 4) is 11.3 Å². The van der Waals surface area contributed by atoms with Gasteiger partial charge >= 0.3 is 0 Å². The molecule has 28 heavy (non-hydrogen) atoms. The molecule has 4 rings (SSSR count). The summed E-state index contributed by atoms with van der Waals surface area (Å²) in [5.41, 5.74) is 1.82. The molecule has 0 aliphatic rings. The van der Waals surface area contributed by atoms with Crippen LogP contribution in [0.4, 0.5) is 8.78 Å². The number of pyridine rings is 1. The van der Waals surface area contributed by atoms with Crippen LogP contribution in [0.15, 0.2) is 57.9 Å². The number of rotatable bonds is 3. The number of fused-ring (bicyclic) bond motifs is 1. The molecule has 8 heteroatoms. The third kappa shape index (κ3) is 3.81. The Kier molecular flexibility index (Phi) is 4.95. The largest absolute Gasteiger partial charge is 0.310 e. The molecule has 0 saturated carbocycles. The molecule has 0 amide bonds. The minimum absolute atomic E-state index is 0.283. The van der Waals surface area contributed by atoms with Gasteiger partial charge in [-0.05, 0) is 51.8 Å². The van der Waals surface area contributed by atoms with Gasteiger partial charge in [-0.3, -0.25) is 9.78 Å². The first-order valence-electron chi connectivity index (χ1n) is 8.18. The quantitative estimate of drug-likeness (QED) is 0.451. The smallest absolute Gasteiger partial charge is 0.258 e. The molecule has 0 atom stereocenters. The molecule has 0 radical (unpaired) electrons. The van der Waals surface area contributed by atoms with E-state index in [0.29, 0.717) is 43.9 Å². The first-order valence-corrected chi connectivity index (χ1v) is 9.35. The average Bonchev–Trinajstić information content (AvgIpc) is 2.63. The van der Waals surface area contributed by atoms with Crippen LogP contribution in [-0.2, 0) is 6.42 Å². The number of nitrogens with zero attached hydrogens (tertiary/aromatic N) is 2. The van der Waals surface area contributed by atoms with E-state index in [4.69, 9.17) is 11.6 Å². The van der Waals surface area contributed by atoms with Gasteiger partial charge in [-0.25, -0.2) is 13.8 Å². The summed E-state index contributed by atoms with van der Waals surface area (Å²) in [7, 11) is 0. The number of aromatic amines is 1. The van der Waals surface area contributed by atoms with E-state index < -0.39 is 11.6 Å². The summed E-state index contributed by atoms with van der Waals surface area (Å²) in [6, 6.07) is 9.94. The zero-order valence-corrected chi connectivity index (χ0v) is 16.5. The lowest BCUT2D eigenvalue weighted by Crippen LogP contribution is -2.12. The number of H-pyrrole nitrogens is 1. The van der Waals surface area contributed by atoms with Gasteiger partial charge < -0.3 is 4.98 Å². The van der Waals surface area contributed by atoms with Crippen LogP contribution < -0.4 is 5.56 Å². The maximum atomic E-state index is 13.4. The molecule has 0 spiro atoms. The van der Waals surface area contributed by atoms with Gasteiger partial charge in [0.15, 0.2) is 0 Å². The molecule has 2 aromatic carbocycles. The first-order chi connectivity index (χ1) is 13.4. The number of benzene rings is 2. The summed E-state index contributed by atoms with van der Waals surface area (Å²) < 4.78 is 27.4. The molecule has 0 saturated heterocycles. The van der Waals surface area contributed by atoms with E-state index in [0.717, 1.165) is 11.6 Å². The third-order valence-corrected chi connectivity index (χ3v) is 5.35. The monoisotopic (exact) mass is 461 g/mol. The summed E-state index contributed by atoms with van der Waals surface area (Å²) in [5, 5.41) is 0.833. The third-order valence-electron chi connectivity index (χ3n) is 4.15. The molecule has 0 fully saturated rings. The zero-order valence-electron chi connectivity index (χ0n) is 14.1. The minimum atomic E-state index is -0.662. The first kappa shape index (κ1) is 18.7. The average molecular weight is 463 g/mol. The standard InChI is InChI=1S/C20H11BrClF2N3O/c21-15-8-18-14(7-16(15)22)20(28)27-19(26-18)3-10-1-2-17(25-9-10)11-4-12(23)6-13(24)5-11/h1-2,4-9H,3H2,(H,26,27,28). The predicted octanol–water partition coefficient (Wildman–Crippen LogP) is 5.27.